The van der Waals surface area contributed by atoms with Crippen molar-refractivity contribution in [2.75, 3.05) is 44.2 Å². The number of carbonyl (C=O) groups excluding carboxylic acids is 4. The largest absolute Gasteiger partial charge is 0.462 e. The van der Waals surface area contributed by atoms with Crippen LogP contribution in [0.4, 0.5) is 5.69 Å². The van der Waals surface area contributed by atoms with E-state index in [-0.39, 0.29) is 30.5 Å². The molecular weight excluding hydrogens is 338 g/mol. The average molecular weight is 361 g/mol. The smallest absolute Gasteiger partial charge is 0.340 e. The van der Waals surface area contributed by atoms with Crippen LogP contribution >= 0.6 is 0 Å². The third kappa shape index (κ3) is 4.59. The fourth-order valence-electron chi connectivity index (χ4n) is 2.77. The van der Waals surface area contributed by atoms with Crippen molar-refractivity contribution in [2.45, 2.75) is 13.8 Å². The van der Waals surface area contributed by atoms with Crippen LogP contribution in [0.15, 0.2) is 24.3 Å². The molecule has 3 amide bonds. The Morgan fingerprint density at radius 1 is 1.15 bits per heavy atom. The average Bonchev–Trinajstić information content (AvgIpc) is 2.66. The summed E-state index contributed by atoms with van der Waals surface area (Å²) in [6.07, 6.45) is 0.763. The summed E-state index contributed by atoms with van der Waals surface area (Å²) in [5.41, 5.74) is 0.585. The number of hydrogen-bond donors (Lipinski definition) is 0. The van der Waals surface area contributed by atoms with Gasteiger partial charge < -0.3 is 19.4 Å². The third-order valence-corrected chi connectivity index (χ3v) is 4.18. The second kappa shape index (κ2) is 8.98. The molecule has 1 fully saturated rings. The molecule has 8 nitrogen and oxygen atoms in total. The Hall–Kier alpha value is -2.90. The SMILES string of the molecule is CCOC(=O)c1ccccc1N(CC(=O)N1CCN(C=O)CC1)C(C)=O. The first kappa shape index (κ1) is 19.4. The summed E-state index contributed by atoms with van der Waals surface area (Å²) in [5.74, 6) is -1.12. The van der Waals surface area contributed by atoms with Crippen LogP contribution in [-0.4, -0.2) is 73.3 Å². The topological polar surface area (TPSA) is 87.2 Å². The summed E-state index contributed by atoms with van der Waals surface area (Å²) in [6.45, 7) is 4.86. The van der Waals surface area contributed by atoms with Gasteiger partial charge in [0, 0.05) is 33.1 Å². The maximum absolute atomic E-state index is 12.6. The molecule has 0 aromatic heterocycles. The molecule has 0 saturated carbocycles. The molecule has 0 radical (unpaired) electrons. The monoisotopic (exact) mass is 361 g/mol. The summed E-state index contributed by atoms with van der Waals surface area (Å²) >= 11 is 0. The lowest BCUT2D eigenvalue weighted by atomic mass is 10.1. The summed E-state index contributed by atoms with van der Waals surface area (Å²) in [6, 6.07) is 6.55. The Labute approximate surface area is 152 Å². The van der Waals surface area contributed by atoms with Crippen LogP contribution in [-0.2, 0) is 19.1 Å². The Balaban J connectivity index is 2.17. The van der Waals surface area contributed by atoms with E-state index in [1.807, 2.05) is 0 Å². The van der Waals surface area contributed by atoms with E-state index in [0.29, 0.717) is 31.9 Å². The van der Waals surface area contributed by atoms with Crippen molar-refractivity contribution in [1.82, 2.24) is 9.80 Å². The third-order valence-electron chi connectivity index (χ3n) is 4.18. The van der Waals surface area contributed by atoms with E-state index in [0.717, 1.165) is 6.41 Å². The van der Waals surface area contributed by atoms with Crippen molar-refractivity contribution >= 4 is 29.9 Å². The van der Waals surface area contributed by atoms with Gasteiger partial charge in [0.2, 0.25) is 18.2 Å². The number of carbonyl (C=O) groups is 4. The molecule has 140 valence electrons. The standard InChI is InChI=1S/C18H23N3O5/c1-3-26-18(25)15-6-4-5-7-16(15)21(14(2)23)12-17(24)20-10-8-19(13-22)9-11-20/h4-7,13H,3,8-12H2,1-2H3. The Bertz CT molecular complexity index is 683. The predicted molar refractivity (Wildman–Crippen MR) is 94.6 cm³/mol. The number of hydrogen-bond acceptors (Lipinski definition) is 5. The lowest BCUT2D eigenvalue weighted by Gasteiger charge is -2.34. The molecule has 1 aliphatic heterocycles. The van der Waals surface area contributed by atoms with Crippen molar-refractivity contribution in [3.63, 3.8) is 0 Å². The van der Waals surface area contributed by atoms with Crippen LogP contribution in [0.25, 0.3) is 0 Å². The van der Waals surface area contributed by atoms with E-state index in [1.165, 1.54) is 11.8 Å². The zero-order valence-corrected chi connectivity index (χ0v) is 15.0. The number of nitrogens with zero attached hydrogens (tertiary/aromatic N) is 3. The maximum atomic E-state index is 12.6. The van der Waals surface area contributed by atoms with Gasteiger partial charge in [-0.2, -0.15) is 0 Å². The van der Waals surface area contributed by atoms with Gasteiger partial charge in [-0.05, 0) is 19.1 Å². The normalized spacial score (nSPS) is 13.9. The number of esters is 1. The molecule has 1 aromatic rings. The molecular formula is C18H23N3O5. The van der Waals surface area contributed by atoms with Crippen molar-refractivity contribution in [3.05, 3.63) is 29.8 Å². The number of piperazine rings is 1. The lowest BCUT2D eigenvalue weighted by molar-refractivity contribution is -0.134. The van der Waals surface area contributed by atoms with Gasteiger partial charge in [0.15, 0.2) is 0 Å². The molecule has 1 saturated heterocycles. The molecule has 0 unspecified atom stereocenters. The number of rotatable bonds is 6. The summed E-state index contributed by atoms with van der Waals surface area (Å²) in [4.78, 5) is 52.2. The number of para-hydroxylation sites is 1. The van der Waals surface area contributed by atoms with Gasteiger partial charge in [0.1, 0.15) is 6.54 Å². The number of benzene rings is 1. The summed E-state index contributed by atoms with van der Waals surface area (Å²) < 4.78 is 5.03. The van der Waals surface area contributed by atoms with Gasteiger partial charge >= 0.3 is 5.97 Å². The molecule has 0 aliphatic carbocycles. The first-order valence-corrected chi connectivity index (χ1v) is 8.49. The molecule has 0 spiro atoms. The molecule has 8 heteroatoms. The van der Waals surface area contributed by atoms with Gasteiger partial charge in [-0.3, -0.25) is 14.4 Å². The van der Waals surface area contributed by atoms with E-state index in [9.17, 15) is 19.2 Å². The van der Waals surface area contributed by atoms with Crippen LogP contribution in [0.2, 0.25) is 0 Å². The molecule has 1 aromatic carbocycles. The second-order valence-electron chi connectivity index (χ2n) is 5.86. The highest BCUT2D eigenvalue weighted by Gasteiger charge is 2.26. The molecule has 2 rings (SSSR count). The highest BCUT2D eigenvalue weighted by molar-refractivity contribution is 6.04. The second-order valence-corrected chi connectivity index (χ2v) is 5.86. The zero-order valence-electron chi connectivity index (χ0n) is 15.0. The van der Waals surface area contributed by atoms with Gasteiger partial charge in [0.25, 0.3) is 0 Å². The van der Waals surface area contributed by atoms with E-state index >= 15 is 0 Å². The molecule has 0 bridgehead atoms. The minimum Gasteiger partial charge on any atom is -0.462 e. The van der Waals surface area contributed by atoms with Gasteiger partial charge in [0.05, 0.1) is 17.9 Å². The van der Waals surface area contributed by atoms with Crippen LogP contribution < -0.4 is 4.90 Å². The van der Waals surface area contributed by atoms with Crippen LogP contribution in [0.1, 0.15) is 24.2 Å². The zero-order chi connectivity index (χ0) is 19.1. The fraction of sp³-hybridized carbons (Fsp3) is 0.444. The maximum Gasteiger partial charge on any atom is 0.340 e. The minimum atomic E-state index is -0.540. The van der Waals surface area contributed by atoms with Crippen molar-refractivity contribution in [2.24, 2.45) is 0 Å². The first-order chi connectivity index (χ1) is 12.5. The molecule has 0 atom stereocenters. The fourth-order valence-corrected chi connectivity index (χ4v) is 2.77. The Morgan fingerprint density at radius 3 is 2.38 bits per heavy atom. The van der Waals surface area contributed by atoms with E-state index in [4.69, 9.17) is 4.74 Å². The molecule has 1 heterocycles. The Morgan fingerprint density at radius 2 is 1.81 bits per heavy atom. The number of ether oxygens (including phenoxy) is 1. The van der Waals surface area contributed by atoms with Crippen molar-refractivity contribution in [3.8, 4) is 0 Å². The van der Waals surface area contributed by atoms with E-state index in [1.54, 1.807) is 41.0 Å². The lowest BCUT2D eigenvalue weighted by Crippen LogP contribution is -2.51. The van der Waals surface area contributed by atoms with Crippen molar-refractivity contribution in [1.29, 1.82) is 0 Å². The number of amides is 3. The van der Waals surface area contributed by atoms with Crippen molar-refractivity contribution < 1.29 is 23.9 Å². The highest BCUT2D eigenvalue weighted by atomic mass is 16.5. The molecule has 1 aliphatic rings. The summed E-state index contributed by atoms with van der Waals surface area (Å²) in [5, 5.41) is 0. The quantitative estimate of drug-likeness (QED) is 0.544. The van der Waals surface area contributed by atoms with Gasteiger partial charge in [-0.1, -0.05) is 12.1 Å². The van der Waals surface area contributed by atoms with Crippen LogP contribution in [0.3, 0.4) is 0 Å². The van der Waals surface area contributed by atoms with E-state index in [2.05, 4.69) is 0 Å². The predicted octanol–water partition coefficient (Wildman–Crippen LogP) is 0.517. The Kier molecular flexibility index (Phi) is 6.71. The molecule has 26 heavy (non-hydrogen) atoms. The van der Waals surface area contributed by atoms with Crippen LogP contribution in [0.5, 0.6) is 0 Å². The van der Waals surface area contributed by atoms with Gasteiger partial charge in [-0.25, -0.2) is 4.79 Å². The van der Waals surface area contributed by atoms with E-state index < -0.39 is 5.97 Å². The highest BCUT2D eigenvalue weighted by Crippen LogP contribution is 2.22. The summed E-state index contributed by atoms with van der Waals surface area (Å²) in [7, 11) is 0. The minimum absolute atomic E-state index is 0.174. The first-order valence-electron chi connectivity index (χ1n) is 8.49. The molecule has 0 N–H and O–H groups in total. The van der Waals surface area contributed by atoms with Gasteiger partial charge in [-0.15, -0.1) is 0 Å². The van der Waals surface area contributed by atoms with Crippen LogP contribution in [0, 0.1) is 0 Å². The number of anilines is 1.